The van der Waals surface area contributed by atoms with Crippen molar-refractivity contribution < 1.29 is 32.6 Å². The first-order valence-electron chi connectivity index (χ1n) is 8.44. The van der Waals surface area contributed by atoms with E-state index in [0.29, 0.717) is 51.9 Å². The minimum Gasteiger partial charge on any atom is -0.451 e. The third-order valence-corrected chi connectivity index (χ3v) is 6.29. The van der Waals surface area contributed by atoms with Crippen LogP contribution in [0.2, 0.25) is 0 Å². The van der Waals surface area contributed by atoms with E-state index in [1.54, 1.807) is 0 Å². The predicted octanol–water partition coefficient (Wildman–Crippen LogP) is 0.0230. The highest BCUT2D eigenvalue weighted by Gasteiger charge is 2.31. The molecule has 2 aliphatic heterocycles. The number of carbonyl (C=O) groups is 3. The van der Waals surface area contributed by atoms with Crippen molar-refractivity contribution in [2.45, 2.75) is 31.8 Å². The lowest BCUT2D eigenvalue weighted by Gasteiger charge is -2.30. The standard InChI is InChI=1S/C15H24N2O7S2/c1-25(22)14(20)16-6-2-11(3-7-16)13(19)24-10-26(23)15(21)17-8-4-12(18)5-9-17/h11-12,18H,2-10H2,1H3. The van der Waals surface area contributed by atoms with Crippen LogP contribution in [-0.2, 0) is 31.1 Å². The molecule has 0 saturated carbocycles. The zero-order chi connectivity index (χ0) is 19.3. The monoisotopic (exact) mass is 408 g/mol. The van der Waals surface area contributed by atoms with Gasteiger partial charge in [0.25, 0.3) is 0 Å². The third-order valence-electron chi connectivity index (χ3n) is 4.56. The highest BCUT2D eigenvalue weighted by molar-refractivity contribution is 8.00. The van der Waals surface area contributed by atoms with E-state index in [0.717, 1.165) is 0 Å². The Bertz CT molecular complexity index is 597. The molecular formula is C15H24N2O7S2. The number of aliphatic hydroxyl groups is 1. The minimum absolute atomic E-state index is 0.316. The van der Waals surface area contributed by atoms with Crippen molar-refractivity contribution in [1.29, 1.82) is 0 Å². The van der Waals surface area contributed by atoms with Crippen LogP contribution in [0.4, 0.5) is 9.59 Å². The van der Waals surface area contributed by atoms with E-state index >= 15 is 0 Å². The molecule has 0 aromatic heterocycles. The Labute approximate surface area is 156 Å². The molecule has 1 N–H and O–H groups in total. The van der Waals surface area contributed by atoms with Gasteiger partial charge in [0.15, 0.2) is 5.94 Å². The van der Waals surface area contributed by atoms with Gasteiger partial charge in [-0.2, -0.15) is 0 Å². The normalized spacial score (nSPS) is 21.9. The van der Waals surface area contributed by atoms with Gasteiger partial charge in [0.05, 0.1) is 12.0 Å². The number of nitrogens with zero attached hydrogens (tertiary/aromatic N) is 2. The van der Waals surface area contributed by atoms with E-state index < -0.39 is 56.0 Å². The maximum absolute atomic E-state index is 12.1. The summed E-state index contributed by atoms with van der Waals surface area (Å²) in [4.78, 5) is 38.6. The third kappa shape index (κ3) is 5.58. The van der Waals surface area contributed by atoms with Gasteiger partial charge in [0.1, 0.15) is 21.6 Å². The number of ether oxygens (including phenoxy) is 1. The second-order valence-corrected chi connectivity index (χ2v) is 8.93. The fourth-order valence-electron chi connectivity index (χ4n) is 2.95. The topological polar surface area (TPSA) is 121 Å². The van der Waals surface area contributed by atoms with Gasteiger partial charge in [-0.1, -0.05) is 0 Å². The van der Waals surface area contributed by atoms with Gasteiger partial charge in [0, 0.05) is 32.4 Å². The molecule has 2 unspecified atom stereocenters. The molecule has 2 heterocycles. The molecule has 26 heavy (non-hydrogen) atoms. The van der Waals surface area contributed by atoms with Crippen LogP contribution in [0.1, 0.15) is 25.7 Å². The molecule has 9 nitrogen and oxygen atoms in total. The Morgan fingerprint density at radius 1 is 0.962 bits per heavy atom. The largest absolute Gasteiger partial charge is 0.451 e. The Kier molecular flexibility index (Phi) is 7.71. The highest BCUT2D eigenvalue weighted by Crippen LogP contribution is 2.20. The molecule has 148 valence electrons. The number of esters is 1. The quantitative estimate of drug-likeness (QED) is 0.654. The van der Waals surface area contributed by atoms with Crippen molar-refractivity contribution in [1.82, 2.24) is 9.80 Å². The molecule has 2 fully saturated rings. The molecule has 0 bridgehead atoms. The number of aliphatic hydroxyl groups excluding tert-OH is 1. The highest BCUT2D eigenvalue weighted by atomic mass is 32.2. The van der Waals surface area contributed by atoms with E-state index in [1.807, 2.05) is 0 Å². The molecule has 0 radical (unpaired) electrons. The van der Waals surface area contributed by atoms with Gasteiger partial charge < -0.3 is 19.6 Å². The summed E-state index contributed by atoms with van der Waals surface area (Å²) >= 11 is 0. The lowest BCUT2D eigenvalue weighted by molar-refractivity contribution is -0.147. The summed E-state index contributed by atoms with van der Waals surface area (Å²) in [6.07, 6.45) is 2.54. The number of carbonyl (C=O) groups excluding carboxylic acids is 3. The van der Waals surface area contributed by atoms with Crippen LogP contribution in [0.3, 0.4) is 0 Å². The maximum atomic E-state index is 12.1. The molecular weight excluding hydrogens is 384 g/mol. The van der Waals surface area contributed by atoms with E-state index in [9.17, 15) is 27.9 Å². The Hall–Kier alpha value is -1.33. The molecule has 0 spiro atoms. The number of hydrogen-bond acceptors (Lipinski definition) is 7. The predicted molar refractivity (Wildman–Crippen MR) is 95.1 cm³/mol. The molecule has 2 saturated heterocycles. The first-order chi connectivity index (χ1) is 12.3. The van der Waals surface area contributed by atoms with Crippen molar-refractivity contribution in [3.8, 4) is 0 Å². The maximum Gasteiger partial charge on any atom is 0.315 e. The second kappa shape index (κ2) is 9.56. The fourth-order valence-corrected chi connectivity index (χ4v) is 4.29. The first kappa shape index (κ1) is 21.0. The van der Waals surface area contributed by atoms with Crippen LogP contribution in [0, 0.1) is 5.92 Å². The minimum atomic E-state index is -1.96. The van der Waals surface area contributed by atoms with Crippen LogP contribution in [0.25, 0.3) is 0 Å². The average molecular weight is 408 g/mol. The first-order valence-corrected chi connectivity index (χ1v) is 11.3. The zero-order valence-corrected chi connectivity index (χ0v) is 16.3. The van der Waals surface area contributed by atoms with Crippen molar-refractivity contribution in [2.75, 3.05) is 38.4 Å². The number of amides is 2. The molecule has 11 heteroatoms. The van der Waals surface area contributed by atoms with Crippen LogP contribution >= 0.6 is 0 Å². The molecule has 2 atom stereocenters. The van der Waals surface area contributed by atoms with Crippen LogP contribution in [0.5, 0.6) is 0 Å². The lowest BCUT2D eigenvalue weighted by Crippen LogP contribution is -2.42. The van der Waals surface area contributed by atoms with Crippen molar-refractivity contribution in [3.05, 3.63) is 0 Å². The van der Waals surface area contributed by atoms with Gasteiger partial charge in [-0.3, -0.25) is 14.4 Å². The molecule has 2 aliphatic rings. The van der Waals surface area contributed by atoms with Gasteiger partial charge in [-0.15, -0.1) is 0 Å². The van der Waals surface area contributed by atoms with Gasteiger partial charge in [-0.25, -0.2) is 8.42 Å². The van der Waals surface area contributed by atoms with Crippen molar-refractivity contribution in [3.63, 3.8) is 0 Å². The number of likely N-dealkylation sites (tertiary alicyclic amines) is 2. The summed E-state index contributed by atoms with van der Waals surface area (Å²) < 4.78 is 28.2. The lowest BCUT2D eigenvalue weighted by atomic mass is 9.97. The van der Waals surface area contributed by atoms with Crippen molar-refractivity contribution >= 4 is 38.0 Å². The van der Waals surface area contributed by atoms with E-state index in [2.05, 4.69) is 0 Å². The number of rotatable bonds is 3. The van der Waals surface area contributed by atoms with E-state index in [4.69, 9.17) is 4.74 Å². The summed E-state index contributed by atoms with van der Waals surface area (Å²) in [5.41, 5.74) is 0. The second-order valence-electron chi connectivity index (χ2n) is 6.39. The van der Waals surface area contributed by atoms with E-state index in [1.165, 1.54) is 16.1 Å². The summed E-state index contributed by atoms with van der Waals surface area (Å²) in [6.45, 7) is 1.31. The van der Waals surface area contributed by atoms with Crippen molar-refractivity contribution in [2.24, 2.45) is 5.92 Å². The van der Waals surface area contributed by atoms with Gasteiger partial charge in [0.2, 0.25) is 0 Å². The molecule has 0 aromatic rings. The molecule has 0 aliphatic carbocycles. The van der Waals surface area contributed by atoms with E-state index in [-0.39, 0.29) is 0 Å². The molecule has 0 aromatic carbocycles. The number of hydrogen-bond donors (Lipinski definition) is 1. The van der Waals surface area contributed by atoms with Crippen LogP contribution in [0.15, 0.2) is 0 Å². The summed E-state index contributed by atoms with van der Waals surface area (Å²) in [6, 6.07) is 0. The summed E-state index contributed by atoms with van der Waals surface area (Å²) in [5, 5.41) is 8.39. The molecule has 2 amide bonds. The zero-order valence-electron chi connectivity index (χ0n) is 14.6. The molecule has 2 rings (SSSR count). The SMILES string of the molecule is CS(=O)C(=O)N1CCC(C(=O)OCS(=O)C(=O)N2CCC(O)CC2)CC1. The smallest absolute Gasteiger partial charge is 0.315 e. The average Bonchev–Trinajstić information content (AvgIpc) is 2.65. The summed E-state index contributed by atoms with van der Waals surface area (Å²) in [7, 11) is -3.54. The number of piperidine rings is 2. The fraction of sp³-hybridized carbons (Fsp3) is 0.800. The van der Waals surface area contributed by atoms with Crippen LogP contribution in [-0.4, -0.2) is 84.2 Å². The Morgan fingerprint density at radius 2 is 1.46 bits per heavy atom. The summed E-state index contributed by atoms with van der Waals surface area (Å²) in [5.74, 6) is -1.46. The van der Waals surface area contributed by atoms with Gasteiger partial charge in [-0.05, 0) is 25.7 Å². The van der Waals surface area contributed by atoms with Gasteiger partial charge >= 0.3 is 16.4 Å². The Balaban J connectivity index is 1.73. The Morgan fingerprint density at radius 3 is 2.00 bits per heavy atom. The van der Waals surface area contributed by atoms with Crippen LogP contribution < -0.4 is 0 Å².